The zero-order valence-corrected chi connectivity index (χ0v) is 14.7. The zero-order valence-electron chi connectivity index (χ0n) is 13.9. The monoisotopic (exact) mass is 345 g/mol. The van der Waals surface area contributed by atoms with Gasteiger partial charge in [-0.15, -0.1) is 11.3 Å². The number of thiophene rings is 1. The maximum absolute atomic E-state index is 11.9. The molecule has 128 valence electrons. The Bertz CT molecular complexity index is 669. The SMILES string of the molecule is CC(CCNC(=O)CCc1cccs1)c1ccc2c(c1)OCCO2. The van der Waals surface area contributed by atoms with Gasteiger partial charge in [0.15, 0.2) is 11.5 Å². The molecule has 0 aliphatic carbocycles. The standard InChI is InChI=1S/C19H23NO3S/c1-14(15-4-6-17-18(13-15)23-11-10-22-17)8-9-20-19(21)7-5-16-3-2-12-24-16/h2-4,6,12-14H,5,7-11H2,1H3,(H,20,21). The van der Waals surface area contributed by atoms with Gasteiger partial charge in [0.1, 0.15) is 13.2 Å². The summed E-state index contributed by atoms with van der Waals surface area (Å²) in [5, 5.41) is 5.06. The second-order valence-corrected chi connectivity index (χ2v) is 7.05. The van der Waals surface area contributed by atoms with E-state index < -0.39 is 0 Å². The van der Waals surface area contributed by atoms with Crippen molar-refractivity contribution < 1.29 is 14.3 Å². The van der Waals surface area contributed by atoms with Gasteiger partial charge in [-0.25, -0.2) is 0 Å². The number of benzene rings is 1. The minimum Gasteiger partial charge on any atom is -0.486 e. The second-order valence-electron chi connectivity index (χ2n) is 6.02. The molecule has 0 radical (unpaired) electrons. The van der Waals surface area contributed by atoms with Crippen molar-refractivity contribution in [3.8, 4) is 11.5 Å². The highest BCUT2D eigenvalue weighted by Gasteiger charge is 2.14. The lowest BCUT2D eigenvalue weighted by Gasteiger charge is -2.20. The third-order valence-corrected chi connectivity index (χ3v) is 5.15. The molecule has 1 unspecified atom stereocenters. The van der Waals surface area contributed by atoms with Crippen LogP contribution in [0.1, 0.15) is 36.1 Å². The third-order valence-electron chi connectivity index (χ3n) is 4.21. The first kappa shape index (κ1) is 16.8. The molecule has 5 heteroatoms. The first-order valence-corrected chi connectivity index (χ1v) is 9.29. The average molecular weight is 345 g/mol. The normalized spacial score (nSPS) is 14.2. The highest BCUT2D eigenvalue weighted by Crippen LogP contribution is 2.33. The summed E-state index contributed by atoms with van der Waals surface area (Å²) in [7, 11) is 0. The molecule has 24 heavy (non-hydrogen) atoms. The summed E-state index contributed by atoms with van der Waals surface area (Å²) in [6.45, 7) is 4.08. The molecule has 0 bridgehead atoms. The number of nitrogens with one attached hydrogen (secondary N) is 1. The van der Waals surface area contributed by atoms with Crippen LogP contribution in [0.2, 0.25) is 0 Å². The Hall–Kier alpha value is -2.01. The quantitative estimate of drug-likeness (QED) is 0.831. The van der Waals surface area contributed by atoms with E-state index in [0.29, 0.717) is 32.1 Å². The van der Waals surface area contributed by atoms with Gasteiger partial charge in [-0.2, -0.15) is 0 Å². The first-order valence-electron chi connectivity index (χ1n) is 8.41. The minimum absolute atomic E-state index is 0.123. The van der Waals surface area contributed by atoms with E-state index in [9.17, 15) is 4.79 Å². The molecule has 0 fully saturated rings. The molecule has 1 aliphatic rings. The van der Waals surface area contributed by atoms with Gasteiger partial charge in [-0.3, -0.25) is 4.79 Å². The number of fused-ring (bicyclic) bond motifs is 1. The number of carbonyl (C=O) groups is 1. The summed E-state index contributed by atoms with van der Waals surface area (Å²) in [5.74, 6) is 2.13. The summed E-state index contributed by atoms with van der Waals surface area (Å²) in [6.07, 6.45) is 2.28. The van der Waals surface area contributed by atoms with Crippen molar-refractivity contribution in [3.63, 3.8) is 0 Å². The summed E-state index contributed by atoms with van der Waals surface area (Å²) in [5.41, 5.74) is 1.21. The minimum atomic E-state index is 0.123. The van der Waals surface area contributed by atoms with Gasteiger partial charge in [0.05, 0.1) is 0 Å². The van der Waals surface area contributed by atoms with Crippen LogP contribution in [0.3, 0.4) is 0 Å². The van der Waals surface area contributed by atoms with Crippen molar-refractivity contribution in [1.82, 2.24) is 5.32 Å². The summed E-state index contributed by atoms with van der Waals surface area (Å²) in [4.78, 5) is 13.2. The highest BCUT2D eigenvalue weighted by molar-refractivity contribution is 7.09. The Morgan fingerprint density at radius 1 is 1.25 bits per heavy atom. The van der Waals surface area contributed by atoms with Gasteiger partial charge in [0, 0.05) is 17.8 Å². The van der Waals surface area contributed by atoms with Crippen molar-refractivity contribution in [2.75, 3.05) is 19.8 Å². The van der Waals surface area contributed by atoms with Crippen LogP contribution in [0.25, 0.3) is 0 Å². The van der Waals surface area contributed by atoms with E-state index in [1.165, 1.54) is 10.4 Å². The number of carbonyl (C=O) groups excluding carboxylic acids is 1. The Kier molecular flexibility index (Phi) is 5.75. The Balaban J connectivity index is 1.42. The molecule has 0 saturated carbocycles. The predicted molar refractivity (Wildman–Crippen MR) is 96.1 cm³/mol. The highest BCUT2D eigenvalue weighted by atomic mass is 32.1. The lowest BCUT2D eigenvalue weighted by atomic mass is 9.97. The molecule has 1 N–H and O–H groups in total. The fourth-order valence-electron chi connectivity index (χ4n) is 2.74. The molecule has 0 saturated heterocycles. The van der Waals surface area contributed by atoms with Gasteiger partial charge in [0.25, 0.3) is 0 Å². The zero-order chi connectivity index (χ0) is 16.8. The van der Waals surface area contributed by atoms with E-state index in [2.05, 4.69) is 30.4 Å². The summed E-state index contributed by atoms with van der Waals surface area (Å²) in [6, 6.07) is 10.2. The molecule has 2 heterocycles. The summed E-state index contributed by atoms with van der Waals surface area (Å²) < 4.78 is 11.2. The van der Waals surface area contributed by atoms with E-state index >= 15 is 0 Å². The molecule has 1 atom stereocenters. The number of hydrogen-bond donors (Lipinski definition) is 1. The van der Waals surface area contributed by atoms with Gasteiger partial charge < -0.3 is 14.8 Å². The smallest absolute Gasteiger partial charge is 0.220 e. The Morgan fingerprint density at radius 2 is 2.08 bits per heavy atom. The fourth-order valence-corrected chi connectivity index (χ4v) is 3.45. The van der Waals surface area contributed by atoms with Crippen LogP contribution in [0.4, 0.5) is 0 Å². The molecule has 1 aliphatic heterocycles. The van der Waals surface area contributed by atoms with E-state index in [1.54, 1.807) is 11.3 Å². The van der Waals surface area contributed by atoms with Crippen LogP contribution in [-0.2, 0) is 11.2 Å². The molecular weight excluding hydrogens is 322 g/mol. The largest absolute Gasteiger partial charge is 0.486 e. The van der Waals surface area contributed by atoms with Crippen molar-refractivity contribution in [2.24, 2.45) is 0 Å². The van der Waals surface area contributed by atoms with Crippen LogP contribution in [0.5, 0.6) is 11.5 Å². The topological polar surface area (TPSA) is 47.6 Å². The number of aryl methyl sites for hydroxylation is 1. The van der Waals surface area contributed by atoms with Crippen LogP contribution in [0, 0.1) is 0 Å². The van der Waals surface area contributed by atoms with Gasteiger partial charge in [-0.1, -0.05) is 19.1 Å². The van der Waals surface area contributed by atoms with Gasteiger partial charge in [0.2, 0.25) is 5.91 Å². The predicted octanol–water partition coefficient (Wildman–Crippen LogP) is 3.76. The number of ether oxygens (including phenoxy) is 2. The maximum atomic E-state index is 11.9. The van der Waals surface area contributed by atoms with Crippen molar-refractivity contribution in [2.45, 2.75) is 32.1 Å². The number of amides is 1. The molecular formula is C19H23NO3S. The summed E-state index contributed by atoms with van der Waals surface area (Å²) >= 11 is 1.70. The molecule has 1 amide bonds. The van der Waals surface area contributed by atoms with E-state index in [4.69, 9.17) is 9.47 Å². The van der Waals surface area contributed by atoms with Crippen LogP contribution in [0.15, 0.2) is 35.7 Å². The van der Waals surface area contributed by atoms with E-state index in [-0.39, 0.29) is 5.91 Å². The van der Waals surface area contributed by atoms with Crippen molar-refractivity contribution >= 4 is 17.2 Å². The maximum Gasteiger partial charge on any atom is 0.220 e. The lowest BCUT2D eigenvalue weighted by molar-refractivity contribution is -0.121. The molecule has 4 nitrogen and oxygen atoms in total. The van der Waals surface area contributed by atoms with Crippen LogP contribution >= 0.6 is 11.3 Å². The molecule has 1 aromatic carbocycles. The van der Waals surface area contributed by atoms with Crippen molar-refractivity contribution in [1.29, 1.82) is 0 Å². The molecule has 3 rings (SSSR count). The van der Waals surface area contributed by atoms with E-state index in [1.807, 2.05) is 17.5 Å². The Morgan fingerprint density at radius 3 is 2.88 bits per heavy atom. The van der Waals surface area contributed by atoms with Crippen LogP contribution < -0.4 is 14.8 Å². The van der Waals surface area contributed by atoms with Gasteiger partial charge >= 0.3 is 0 Å². The molecule has 1 aromatic heterocycles. The van der Waals surface area contributed by atoms with Crippen molar-refractivity contribution in [3.05, 3.63) is 46.2 Å². The number of hydrogen-bond acceptors (Lipinski definition) is 4. The average Bonchev–Trinajstić information content (AvgIpc) is 3.13. The van der Waals surface area contributed by atoms with Crippen LogP contribution in [-0.4, -0.2) is 25.7 Å². The second kappa shape index (κ2) is 8.20. The molecule has 2 aromatic rings. The third kappa shape index (κ3) is 4.51. The fraction of sp³-hybridized carbons (Fsp3) is 0.421. The van der Waals surface area contributed by atoms with Gasteiger partial charge in [-0.05, 0) is 47.9 Å². The first-order chi connectivity index (χ1) is 11.7. The molecule has 0 spiro atoms. The van der Waals surface area contributed by atoms with E-state index in [0.717, 1.165) is 24.3 Å². The Labute approximate surface area is 146 Å². The lowest BCUT2D eigenvalue weighted by Crippen LogP contribution is -2.25. The number of rotatable bonds is 7.